The maximum Gasteiger partial charge on any atom is 0.326 e. The van der Waals surface area contributed by atoms with Gasteiger partial charge in [-0.05, 0) is 20.3 Å². The number of carboxylic acid groups (broad SMARTS) is 1. The molecule has 0 saturated heterocycles. The number of nitrogens with one attached hydrogen (secondary N) is 1. The predicted molar refractivity (Wildman–Crippen MR) is 70.5 cm³/mol. The quantitative estimate of drug-likeness (QED) is 0.578. The lowest BCUT2D eigenvalue weighted by Gasteiger charge is -2.27. The Morgan fingerprint density at radius 3 is 2.40 bits per heavy atom. The third-order valence-corrected chi connectivity index (χ3v) is 2.62. The van der Waals surface area contributed by atoms with Gasteiger partial charge in [0.25, 0.3) is 0 Å². The van der Waals surface area contributed by atoms with Gasteiger partial charge < -0.3 is 21.1 Å². The van der Waals surface area contributed by atoms with E-state index >= 15 is 0 Å². The summed E-state index contributed by atoms with van der Waals surface area (Å²) in [4.78, 5) is 35.0. The number of hydrogen-bond acceptors (Lipinski definition) is 4. The second kappa shape index (κ2) is 8.74. The summed E-state index contributed by atoms with van der Waals surface area (Å²) in [6.07, 6.45) is -0.0393. The van der Waals surface area contributed by atoms with Crippen LogP contribution in [0.1, 0.15) is 33.1 Å². The van der Waals surface area contributed by atoms with Gasteiger partial charge in [0.15, 0.2) is 0 Å². The minimum absolute atomic E-state index is 0.0689. The number of urea groups is 1. The molecular formula is C12H20N4O4. The number of carbonyl (C=O) groups excluding carboxylic acids is 2. The van der Waals surface area contributed by atoms with Gasteiger partial charge in [-0.2, -0.15) is 5.26 Å². The molecule has 0 aromatic heterocycles. The van der Waals surface area contributed by atoms with Gasteiger partial charge in [0.1, 0.15) is 6.04 Å². The second-order valence-electron chi connectivity index (χ2n) is 4.54. The number of nitrogens with zero attached hydrogens (tertiary/aromatic N) is 2. The molecule has 0 saturated carbocycles. The molecule has 112 valence electrons. The van der Waals surface area contributed by atoms with Crippen LogP contribution in [0.4, 0.5) is 4.79 Å². The Kier molecular flexibility index (Phi) is 7.74. The molecule has 0 aliphatic rings. The van der Waals surface area contributed by atoms with Crippen molar-refractivity contribution in [3.63, 3.8) is 0 Å². The molecule has 4 N–H and O–H groups in total. The van der Waals surface area contributed by atoms with Crippen LogP contribution in [0.5, 0.6) is 0 Å². The molecule has 0 aromatic rings. The Hall–Kier alpha value is -2.30. The molecule has 0 aromatic carbocycles. The van der Waals surface area contributed by atoms with Gasteiger partial charge >= 0.3 is 12.0 Å². The van der Waals surface area contributed by atoms with Crippen molar-refractivity contribution in [1.29, 1.82) is 5.26 Å². The highest BCUT2D eigenvalue weighted by Gasteiger charge is 2.24. The number of rotatable bonds is 8. The van der Waals surface area contributed by atoms with Crippen molar-refractivity contribution in [1.82, 2.24) is 10.2 Å². The maximum absolute atomic E-state index is 12.0. The van der Waals surface area contributed by atoms with E-state index in [0.717, 1.165) is 0 Å². The Morgan fingerprint density at radius 2 is 2.00 bits per heavy atom. The normalized spacial score (nSPS) is 11.5. The second-order valence-corrected chi connectivity index (χ2v) is 4.54. The summed E-state index contributed by atoms with van der Waals surface area (Å²) < 4.78 is 0. The van der Waals surface area contributed by atoms with Crippen LogP contribution in [0, 0.1) is 11.3 Å². The number of aliphatic carboxylic acids is 1. The Labute approximate surface area is 117 Å². The van der Waals surface area contributed by atoms with Crippen LogP contribution in [0.2, 0.25) is 0 Å². The topological polar surface area (TPSA) is 137 Å². The molecule has 8 heteroatoms. The van der Waals surface area contributed by atoms with E-state index in [0.29, 0.717) is 0 Å². The lowest BCUT2D eigenvalue weighted by molar-refractivity contribution is -0.139. The van der Waals surface area contributed by atoms with E-state index < -0.39 is 23.9 Å². The number of nitrogens with two attached hydrogens (primary N) is 1. The van der Waals surface area contributed by atoms with Gasteiger partial charge in [0.2, 0.25) is 5.91 Å². The molecule has 1 atom stereocenters. The average molecular weight is 284 g/mol. The van der Waals surface area contributed by atoms with E-state index in [-0.39, 0.29) is 31.8 Å². The fraction of sp³-hybridized carbons (Fsp3) is 0.667. The molecule has 8 nitrogen and oxygen atoms in total. The summed E-state index contributed by atoms with van der Waals surface area (Å²) in [5.41, 5.74) is 4.95. The summed E-state index contributed by atoms with van der Waals surface area (Å²) >= 11 is 0. The van der Waals surface area contributed by atoms with Crippen LogP contribution in [0.15, 0.2) is 0 Å². The van der Waals surface area contributed by atoms with E-state index in [1.165, 1.54) is 4.90 Å². The van der Waals surface area contributed by atoms with Gasteiger partial charge in [0.05, 0.1) is 12.5 Å². The number of carboxylic acids is 1. The highest BCUT2D eigenvalue weighted by atomic mass is 16.4. The van der Waals surface area contributed by atoms with Crippen molar-refractivity contribution < 1.29 is 19.5 Å². The zero-order chi connectivity index (χ0) is 15.7. The van der Waals surface area contributed by atoms with Crippen molar-refractivity contribution in [3.8, 4) is 6.07 Å². The minimum atomic E-state index is -1.23. The first kappa shape index (κ1) is 17.7. The van der Waals surface area contributed by atoms with Crippen molar-refractivity contribution in [2.75, 3.05) is 6.54 Å². The summed E-state index contributed by atoms with van der Waals surface area (Å²) in [5, 5.41) is 19.9. The first-order valence-corrected chi connectivity index (χ1v) is 6.24. The van der Waals surface area contributed by atoms with Crippen LogP contribution in [0.25, 0.3) is 0 Å². The lowest BCUT2D eigenvalue weighted by atomic mass is 10.1. The summed E-state index contributed by atoms with van der Waals surface area (Å²) in [6, 6.07) is -0.00620. The standard InChI is InChI=1S/C12H20N4O4/c1-8(2)16(7-3-6-13)12(20)15-9(11(18)19)4-5-10(14)17/h8-9H,3-5,7H2,1-2H3,(H2,14,17)(H,15,20)(H,18,19)/t9-/m1/s1. The summed E-state index contributed by atoms with van der Waals surface area (Å²) in [6.45, 7) is 3.73. The Morgan fingerprint density at radius 1 is 1.40 bits per heavy atom. The highest BCUT2D eigenvalue weighted by molar-refractivity contribution is 5.83. The Bertz CT molecular complexity index is 403. The zero-order valence-electron chi connectivity index (χ0n) is 11.6. The van der Waals surface area contributed by atoms with Gasteiger partial charge in [-0.1, -0.05) is 0 Å². The molecule has 0 aliphatic carbocycles. The van der Waals surface area contributed by atoms with Crippen LogP contribution in [-0.2, 0) is 9.59 Å². The highest BCUT2D eigenvalue weighted by Crippen LogP contribution is 2.04. The average Bonchev–Trinajstić information content (AvgIpc) is 2.33. The molecule has 0 radical (unpaired) electrons. The lowest BCUT2D eigenvalue weighted by Crippen LogP contribution is -2.50. The predicted octanol–water partition coefficient (Wildman–Crippen LogP) is 0.0388. The van der Waals surface area contributed by atoms with E-state index in [2.05, 4.69) is 5.32 Å². The van der Waals surface area contributed by atoms with Crippen LogP contribution in [0.3, 0.4) is 0 Å². The maximum atomic E-state index is 12.0. The summed E-state index contributed by atoms with van der Waals surface area (Å²) in [7, 11) is 0. The van der Waals surface area contributed by atoms with Crippen molar-refractivity contribution in [2.45, 2.75) is 45.2 Å². The number of amides is 3. The van der Waals surface area contributed by atoms with E-state index in [9.17, 15) is 14.4 Å². The Balaban J connectivity index is 4.66. The molecule has 0 spiro atoms. The molecule has 0 heterocycles. The largest absolute Gasteiger partial charge is 0.480 e. The third-order valence-electron chi connectivity index (χ3n) is 2.62. The first-order valence-electron chi connectivity index (χ1n) is 6.24. The molecule has 0 fully saturated rings. The molecule has 3 amide bonds. The van der Waals surface area contributed by atoms with Crippen molar-refractivity contribution >= 4 is 17.9 Å². The number of carbonyl (C=O) groups is 3. The van der Waals surface area contributed by atoms with Crippen molar-refractivity contribution in [3.05, 3.63) is 0 Å². The molecule has 0 unspecified atom stereocenters. The number of primary amides is 1. The first-order chi connectivity index (χ1) is 9.29. The third kappa shape index (κ3) is 6.58. The zero-order valence-corrected chi connectivity index (χ0v) is 11.6. The molecule has 0 bridgehead atoms. The van der Waals surface area contributed by atoms with E-state index in [1.54, 1.807) is 13.8 Å². The smallest absolute Gasteiger partial charge is 0.326 e. The molecule has 0 aliphatic heterocycles. The van der Waals surface area contributed by atoms with Crippen LogP contribution >= 0.6 is 0 Å². The fourth-order valence-electron chi connectivity index (χ4n) is 1.54. The van der Waals surface area contributed by atoms with Crippen LogP contribution in [-0.4, -0.2) is 46.5 Å². The molecule has 0 rings (SSSR count). The number of hydrogen-bond donors (Lipinski definition) is 3. The van der Waals surface area contributed by atoms with Gasteiger partial charge in [-0.15, -0.1) is 0 Å². The minimum Gasteiger partial charge on any atom is -0.480 e. The van der Waals surface area contributed by atoms with E-state index in [4.69, 9.17) is 16.1 Å². The van der Waals surface area contributed by atoms with Gasteiger partial charge in [-0.3, -0.25) is 4.79 Å². The van der Waals surface area contributed by atoms with Gasteiger partial charge in [0, 0.05) is 19.0 Å². The number of nitriles is 1. The van der Waals surface area contributed by atoms with Crippen molar-refractivity contribution in [2.24, 2.45) is 5.73 Å². The fourth-order valence-corrected chi connectivity index (χ4v) is 1.54. The summed E-state index contributed by atoms with van der Waals surface area (Å²) in [5.74, 6) is -1.86. The monoisotopic (exact) mass is 284 g/mol. The SMILES string of the molecule is CC(C)N(CCC#N)C(=O)N[C@H](CCC(N)=O)C(=O)O. The molecular weight excluding hydrogens is 264 g/mol. The molecule has 20 heavy (non-hydrogen) atoms. The van der Waals surface area contributed by atoms with Gasteiger partial charge in [-0.25, -0.2) is 9.59 Å². The van der Waals surface area contributed by atoms with E-state index in [1.807, 2.05) is 6.07 Å². The van der Waals surface area contributed by atoms with Crippen LogP contribution < -0.4 is 11.1 Å².